The van der Waals surface area contributed by atoms with Crippen LogP contribution < -0.4 is 5.69 Å². The van der Waals surface area contributed by atoms with Gasteiger partial charge in [-0.15, -0.1) is 5.10 Å². The van der Waals surface area contributed by atoms with E-state index >= 15 is 0 Å². The lowest BCUT2D eigenvalue weighted by Gasteiger charge is -2.11. The van der Waals surface area contributed by atoms with E-state index in [1.54, 1.807) is 0 Å². The van der Waals surface area contributed by atoms with Crippen LogP contribution in [0.15, 0.2) is 47.3 Å². The molecule has 1 aliphatic rings. The van der Waals surface area contributed by atoms with Crippen molar-refractivity contribution in [1.29, 1.82) is 0 Å². The maximum Gasteiger partial charge on any atom is 0.346 e. The molecule has 3 aromatic rings. The molecular formula is C23H23F2N3O2. The number of benzene rings is 2. The van der Waals surface area contributed by atoms with E-state index in [2.05, 4.69) is 5.10 Å². The van der Waals surface area contributed by atoms with Crippen LogP contribution in [0.25, 0.3) is 11.4 Å². The Bertz CT molecular complexity index is 1160. The van der Waals surface area contributed by atoms with Crippen LogP contribution in [0.5, 0.6) is 0 Å². The van der Waals surface area contributed by atoms with Gasteiger partial charge in [0, 0.05) is 18.5 Å². The number of nitrogens with zero attached hydrogens (tertiary/aromatic N) is 3. The van der Waals surface area contributed by atoms with Crippen LogP contribution in [0.1, 0.15) is 49.3 Å². The smallest absolute Gasteiger partial charge is 0.298 e. The van der Waals surface area contributed by atoms with E-state index in [1.165, 1.54) is 10.6 Å². The molecule has 0 amide bonds. The molecule has 1 saturated carbocycles. The molecule has 2 aromatic carbocycles. The first-order chi connectivity index (χ1) is 14.3. The van der Waals surface area contributed by atoms with Crippen LogP contribution >= 0.6 is 0 Å². The summed E-state index contributed by atoms with van der Waals surface area (Å²) in [5.41, 5.74) is 1.80. The van der Waals surface area contributed by atoms with Crippen molar-refractivity contribution in [2.75, 3.05) is 0 Å². The van der Waals surface area contributed by atoms with Crippen molar-refractivity contribution in [1.82, 2.24) is 14.3 Å². The predicted molar refractivity (Wildman–Crippen MR) is 109 cm³/mol. The number of rotatable bonds is 7. The maximum absolute atomic E-state index is 14.3. The van der Waals surface area contributed by atoms with Crippen LogP contribution in [0.2, 0.25) is 0 Å². The van der Waals surface area contributed by atoms with Gasteiger partial charge in [0.25, 0.3) is 0 Å². The Morgan fingerprint density at radius 3 is 2.63 bits per heavy atom. The van der Waals surface area contributed by atoms with Crippen LogP contribution in [0.3, 0.4) is 0 Å². The first kappa shape index (κ1) is 20.2. The number of carbonyl (C=O) groups is 1. The topological polar surface area (TPSA) is 56.9 Å². The van der Waals surface area contributed by atoms with E-state index < -0.39 is 17.3 Å². The average Bonchev–Trinajstić information content (AvgIpc) is 3.47. The molecule has 156 valence electrons. The van der Waals surface area contributed by atoms with Crippen molar-refractivity contribution in [3.63, 3.8) is 0 Å². The van der Waals surface area contributed by atoms with Gasteiger partial charge in [0.2, 0.25) is 0 Å². The predicted octanol–water partition coefficient (Wildman–Crippen LogP) is 4.40. The number of aryl methyl sites for hydroxylation is 1. The molecular weight excluding hydrogens is 388 g/mol. The maximum atomic E-state index is 14.3. The zero-order chi connectivity index (χ0) is 21.4. The molecule has 5 nitrogen and oxygen atoms in total. The van der Waals surface area contributed by atoms with E-state index in [9.17, 15) is 18.4 Å². The van der Waals surface area contributed by atoms with Gasteiger partial charge in [-0.05, 0) is 43.4 Å². The molecule has 0 saturated heterocycles. The molecule has 1 unspecified atom stereocenters. The lowest BCUT2D eigenvalue weighted by Crippen LogP contribution is -2.28. The number of halogens is 2. The highest BCUT2D eigenvalue weighted by molar-refractivity contribution is 5.79. The Hall–Kier alpha value is -3.09. The Labute approximate surface area is 173 Å². The van der Waals surface area contributed by atoms with E-state index in [-0.39, 0.29) is 42.1 Å². The number of ketones is 1. The quantitative estimate of drug-likeness (QED) is 0.579. The highest BCUT2D eigenvalue weighted by atomic mass is 19.1. The van der Waals surface area contributed by atoms with Gasteiger partial charge >= 0.3 is 5.69 Å². The van der Waals surface area contributed by atoms with Crippen molar-refractivity contribution >= 4 is 5.78 Å². The minimum atomic E-state index is -0.784. The summed E-state index contributed by atoms with van der Waals surface area (Å²) in [5, 5.41) is 4.25. The summed E-state index contributed by atoms with van der Waals surface area (Å²) < 4.78 is 30.1. The van der Waals surface area contributed by atoms with E-state index in [4.69, 9.17) is 0 Å². The van der Waals surface area contributed by atoms with Gasteiger partial charge in [-0.2, -0.15) is 0 Å². The lowest BCUT2D eigenvalue weighted by molar-refractivity contribution is -0.120. The van der Waals surface area contributed by atoms with Gasteiger partial charge in [0.05, 0.1) is 5.56 Å². The van der Waals surface area contributed by atoms with E-state index in [0.717, 1.165) is 40.8 Å². The number of Topliss-reactive ketones (excluding diaryl/α,β-unsaturated/α-hetero) is 1. The number of carbonyl (C=O) groups excluding carboxylic acids is 1. The lowest BCUT2D eigenvalue weighted by atomic mass is 9.94. The van der Waals surface area contributed by atoms with Gasteiger partial charge in [-0.1, -0.05) is 36.8 Å². The van der Waals surface area contributed by atoms with Crippen molar-refractivity contribution in [3.8, 4) is 11.4 Å². The summed E-state index contributed by atoms with van der Waals surface area (Å²) in [7, 11) is 0. The molecule has 30 heavy (non-hydrogen) atoms. The van der Waals surface area contributed by atoms with Gasteiger partial charge < -0.3 is 0 Å². The van der Waals surface area contributed by atoms with Crippen molar-refractivity contribution in [2.45, 2.75) is 51.6 Å². The van der Waals surface area contributed by atoms with Crippen molar-refractivity contribution < 1.29 is 13.6 Å². The Kier molecular flexibility index (Phi) is 5.37. The molecule has 1 atom stereocenters. The molecule has 4 rings (SSSR count). The summed E-state index contributed by atoms with van der Waals surface area (Å²) in [5.74, 6) is -1.46. The fourth-order valence-electron chi connectivity index (χ4n) is 3.71. The molecule has 0 N–H and O–H groups in total. The molecule has 0 spiro atoms. The summed E-state index contributed by atoms with van der Waals surface area (Å²) in [6, 6.07) is 11.1. The highest BCUT2D eigenvalue weighted by Crippen LogP contribution is 2.37. The first-order valence-corrected chi connectivity index (χ1v) is 10.1. The van der Waals surface area contributed by atoms with Gasteiger partial charge in [-0.25, -0.2) is 18.3 Å². The van der Waals surface area contributed by atoms with Crippen LogP contribution in [-0.2, 0) is 11.3 Å². The Morgan fingerprint density at radius 2 is 1.97 bits per heavy atom. The highest BCUT2D eigenvalue weighted by Gasteiger charge is 2.31. The summed E-state index contributed by atoms with van der Waals surface area (Å²) in [6.07, 6.45) is 1.85. The minimum absolute atomic E-state index is 0.00707. The summed E-state index contributed by atoms with van der Waals surface area (Å²) in [4.78, 5) is 25.5. The van der Waals surface area contributed by atoms with Crippen LogP contribution in [-0.4, -0.2) is 20.1 Å². The molecule has 7 heteroatoms. The Morgan fingerprint density at radius 1 is 1.20 bits per heavy atom. The molecule has 1 aromatic heterocycles. The van der Waals surface area contributed by atoms with Crippen LogP contribution in [0, 0.1) is 18.6 Å². The van der Waals surface area contributed by atoms with Crippen LogP contribution in [0.4, 0.5) is 8.78 Å². The standard InChI is InChI=1S/C23H23F2N3O2/c1-14-4-3-5-16(10-14)15(2)11-19(29)13-27-23(30)28(18-7-8-18)22(26-27)20-9-6-17(24)12-21(20)25/h3-6,9-10,12,15,18H,7-8,11,13H2,1-2H3. The fourth-order valence-corrected chi connectivity index (χ4v) is 3.71. The number of hydrogen-bond acceptors (Lipinski definition) is 3. The largest absolute Gasteiger partial charge is 0.346 e. The Balaban J connectivity index is 1.59. The zero-order valence-corrected chi connectivity index (χ0v) is 16.9. The third-order valence-corrected chi connectivity index (χ3v) is 5.43. The second kappa shape index (κ2) is 7.97. The van der Waals surface area contributed by atoms with Gasteiger partial charge in [-0.3, -0.25) is 9.36 Å². The molecule has 1 fully saturated rings. The van der Waals surface area contributed by atoms with Gasteiger partial charge in [0.15, 0.2) is 11.6 Å². The molecule has 0 aliphatic heterocycles. The summed E-state index contributed by atoms with van der Waals surface area (Å²) >= 11 is 0. The number of hydrogen-bond donors (Lipinski definition) is 0. The monoisotopic (exact) mass is 411 g/mol. The normalized spacial score (nSPS) is 14.7. The fraction of sp³-hybridized carbons (Fsp3) is 0.348. The second-order valence-corrected chi connectivity index (χ2v) is 8.05. The van der Waals surface area contributed by atoms with Crippen molar-refractivity contribution in [2.24, 2.45) is 0 Å². The molecule has 0 radical (unpaired) electrons. The minimum Gasteiger partial charge on any atom is -0.298 e. The summed E-state index contributed by atoms with van der Waals surface area (Å²) in [6.45, 7) is 3.79. The van der Waals surface area contributed by atoms with Crippen molar-refractivity contribution in [3.05, 3.63) is 75.7 Å². The third kappa shape index (κ3) is 4.10. The zero-order valence-electron chi connectivity index (χ0n) is 16.9. The van der Waals surface area contributed by atoms with Gasteiger partial charge in [0.1, 0.15) is 18.2 Å². The average molecular weight is 411 g/mol. The first-order valence-electron chi connectivity index (χ1n) is 10.1. The van der Waals surface area contributed by atoms with E-state index in [1.807, 2.05) is 38.1 Å². The molecule has 0 bridgehead atoms. The SMILES string of the molecule is Cc1cccc(C(C)CC(=O)Cn2nc(-c3ccc(F)cc3F)n(C3CC3)c2=O)c1. The molecule has 1 heterocycles. The number of aromatic nitrogens is 3. The second-order valence-electron chi connectivity index (χ2n) is 8.05. The van der Waals surface area contributed by atoms with E-state index in [0.29, 0.717) is 0 Å². The molecule has 1 aliphatic carbocycles. The third-order valence-electron chi connectivity index (χ3n) is 5.43.